The average Bonchev–Trinajstić information content (AvgIpc) is 2.31. The standard InChI is InChI=1S/C13H21NO2.ClH/c1-3-16-13-7-5-12(6-8-13)11-14-9-4-10-15-2;/h5-8,14H,3-4,9-11H2,1-2H3;1H/p-1. The van der Waals surface area contributed by atoms with Crippen LogP contribution in [0.5, 0.6) is 5.75 Å². The molecule has 1 aromatic rings. The Balaban J connectivity index is 0.00000256. The Morgan fingerprint density at radius 3 is 2.47 bits per heavy atom. The first-order valence-electron chi connectivity index (χ1n) is 5.78. The van der Waals surface area contributed by atoms with Gasteiger partial charge in [-0.1, -0.05) is 12.1 Å². The monoisotopic (exact) mass is 258 g/mol. The second kappa shape index (κ2) is 10.4. The molecule has 0 radical (unpaired) electrons. The van der Waals surface area contributed by atoms with E-state index >= 15 is 0 Å². The number of methoxy groups -OCH3 is 1. The minimum Gasteiger partial charge on any atom is -1.00 e. The zero-order chi connectivity index (χ0) is 11.6. The van der Waals surface area contributed by atoms with E-state index in [1.165, 1.54) is 5.56 Å². The van der Waals surface area contributed by atoms with Gasteiger partial charge >= 0.3 is 0 Å². The molecule has 17 heavy (non-hydrogen) atoms. The minimum atomic E-state index is 0. The molecule has 0 heterocycles. The van der Waals surface area contributed by atoms with Crippen LogP contribution in [0.4, 0.5) is 0 Å². The highest BCUT2D eigenvalue weighted by Gasteiger charge is 1.94. The van der Waals surface area contributed by atoms with Crippen molar-refractivity contribution in [1.29, 1.82) is 0 Å². The fourth-order valence-corrected chi connectivity index (χ4v) is 1.44. The van der Waals surface area contributed by atoms with Gasteiger partial charge in [0, 0.05) is 20.3 Å². The van der Waals surface area contributed by atoms with Crippen molar-refractivity contribution < 1.29 is 21.9 Å². The largest absolute Gasteiger partial charge is 1.00 e. The molecule has 1 rings (SSSR count). The summed E-state index contributed by atoms with van der Waals surface area (Å²) < 4.78 is 10.4. The predicted molar refractivity (Wildman–Crippen MR) is 65.8 cm³/mol. The SMILES string of the molecule is CCOc1ccc(CNCCCOC)cc1.[Cl-]. The summed E-state index contributed by atoms with van der Waals surface area (Å²) in [7, 11) is 1.73. The first kappa shape index (κ1) is 16.2. The van der Waals surface area contributed by atoms with Crippen LogP contribution in [0, 0.1) is 0 Å². The Morgan fingerprint density at radius 1 is 1.18 bits per heavy atom. The van der Waals surface area contributed by atoms with E-state index in [-0.39, 0.29) is 12.4 Å². The van der Waals surface area contributed by atoms with Gasteiger partial charge in [-0.05, 0) is 37.6 Å². The number of ether oxygens (including phenoxy) is 2. The lowest BCUT2D eigenvalue weighted by molar-refractivity contribution is -0.00000436. The number of hydrogen-bond acceptors (Lipinski definition) is 3. The molecule has 1 N–H and O–H groups in total. The van der Waals surface area contributed by atoms with Crippen LogP contribution in [-0.2, 0) is 11.3 Å². The van der Waals surface area contributed by atoms with Crippen LogP contribution < -0.4 is 22.5 Å². The van der Waals surface area contributed by atoms with Gasteiger partial charge in [0.2, 0.25) is 0 Å². The van der Waals surface area contributed by atoms with Crippen molar-refractivity contribution in [3.63, 3.8) is 0 Å². The normalized spacial score (nSPS) is 9.76. The van der Waals surface area contributed by atoms with Crippen molar-refractivity contribution in [3.8, 4) is 5.75 Å². The summed E-state index contributed by atoms with van der Waals surface area (Å²) in [4.78, 5) is 0. The van der Waals surface area contributed by atoms with E-state index in [1.54, 1.807) is 7.11 Å². The van der Waals surface area contributed by atoms with Gasteiger partial charge in [-0.15, -0.1) is 0 Å². The third kappa shape index (κ3) is 7.21. The van der Waals surface area contributed by atoms with Crippen LogP contribution in [0.15, 0.2) is 24.3 Å². The molecule has 0 aliphatic rings. The van der Waals surface area contributed by atoms with Crippen molar-refractivity contribution in [1.82, 2.24) is 5.32 Å². The summed E-state index contributed by atoms with van der Waals surface area (Å²) >= 11 is 0. The van der Waals surface area contributed by atoms with Gasteiger partial charge in [-0.25, -0.2) is 0 Å². The highest BCUT2D eigenvalue weighted by atomic mass is 35.5. The molecule has 0 fully saturated rings. The van der Waals surface area contributed by atoms with Crippen molar-refractivity contribution in [3.05, 3.63) is 29.8 Å². The Morgan fingerprint density at radius 2 is 1.88 bits per heavy atom. The summed E-state index contributed by atoms with van der Waals surface area (Å²) in [6.07, 6.45) is 1.05. The topological polar surface area (TPSA) is 30.5 Å². The lowest BCUT2D eigenvalue weighted by atomic mass is 10.2. The molecule has 0 aliphatic carbocycles. The van der Waals surface area contributed by atoms with E-state index in [0.717, 1.165) is 31.9 Å². The number of benzene rings is 1. The van der Waals surface area contributed by atoms with E-state index in [4.69, 9.17) is 9.47 Å². The molecule has 0 saturated heterocycles. The molecule has 0 aromatic heterocycles. The summed E-state index contributed by atoms with van der Waals surface area (Å²) in [6, 6.07) is 8.20. The molecular weight excluding hydrogens is 238 g/mol. The van der Waals surface area contributed by atoms with Crippen LogP contribution in [0.3, 0.4) is 0 Å². The van der Waals surface area contributed by atoms with E-state index in [1.807, 2.05) is 19.1 Å². The average molecular weight is 259 g/mol. The first-order valence-corrected chi connectivity index (χ1v) is 5.78. The Bertz CT molecular complexity index is 277. The van der Waals surface area contributed by atoms with E-state index < -0.39 is 0 Å². The van der Waals surface area contributed by atoms with Crippen LogP contribution >= 0.6 is 0 Å². The van der Waals surface area contributed by atoms with Gasteiger partial charge in [0.15, 0.2) is 0 Å². The number of hydrogen-bond donors (Lipinski definition) is 1. The quantitative estimate of drug-likeness (QED) is 0.621. The Kier molecular flexibility index (Phi) is 9.92. The van der Waals surface area contributed by atoms with Gasteiger partial charge in [0.05, 0.1) is 6.61 Å². The van der Waals surface area contributed by atoms with Crippen LogP contribution in [-0.4, -0.2) is 26.9 Å². The molecule has 0 spiro atoms. The molecular formula is C13H21ClNO2-. The van der Waals surface area contributed by atoms with Gasteiger partial charge in [0.25, 0.3) is 0 Å². The van der Waals surface area contributed by atoms with Gasteiger partial charge in [0.1, 0.15) is 5.75 Å². The molecule has 1 aromatic carbocycles. The third-order valence-electron chi connectivity index (χ3n) is 2.27. The van der Waals surface area contributed by atoms with Crippen LogP contribution in [0.25, 0.3) is 0 Å². The Hall–Kier alpha value is -0.770. The maximum atomic E-state index is 5.38. The number of halogens is 1. The first-order chi connectivity index (χ1) is 7.86. The van der Waals surface area contributed by atoms with Crippen LogP contribution in [0.2, 0.25) is 0 Å². The number of rotatable bonds is 8. The summed E-state index contributed by atoms with van der Waals surface area (Å²) in [5.41, 5.74) is 1.28. The predicted octanol–water partition coefficient (Wildman–Crippen LogP) is -0.785. The molecule has 3 nitrogen and oxygen atoms in total. The fourth-order valence-electron chi connectivity index (χ4n) is 1.44. The molecule has 0 aliphatic heterocycles. The zero-order valence-electron chi connectivity index (χ0n) is 10.5. The second-order valence-electron chi connectivity index (χ2n) is 3.60. The molecule has 4 heteroatoms. The second-order valence-corrected chi connectivity index (χ2v) is 3.60. The molecule has 0 unspecified atom stereocenters. The van der Waals surface area contributed by atoms with Gasteiger partial charge in [-0.3, -0.25) is 0 Å². The minimum absolute atomic E-state index is 0. The molecule has 0 atom stereocenters. The fraction of sp³-hybridized carbons (Fsp3) is 0.538. The van der Waals surface area contributed by atoms with Crippen molar-refractivity contribution in [2.45, 2.75) is 19.9 Å². The molecule has 0 bridgehead atoms. The van der Waals surface area contributed by atoms with Crippen molar-refractivity contribution >= 4 is 0 Å². The molecule has 0 saturated carbocycles. The number of nitrogens with one attached hydrogen (secondary N) is 1. The third-order valence-corrected chi connectivity index (χ3v) is 2.27. The molecule has 0 amide bonds. The maximum Gasteiger partial charge on any atom is 0.119 e. The van der Waals surface area contributed by atoms with Crippen molar-refractivity contribution in [2.24, 2.45) is 0 Å². The highest BCUT2D eigenvalue weighted by Crippen LogP contribution is 2.11. The Labute approximate surface area is 110 Å². The van der Waals surface area contributed by atoms with E-state index in [2.05, 4.69) is 17.4 Å². The maximum absolute atomic E-state index is 5.38. The molecule has 98 valence electrons. The van der Waals surface area contributed by atoms with E-state index in [0.29, 0.717) is 6.61 Å². The lowest BCUT2D eigenvalue weighted by Crippen LogP contribution is -3.00. The van der Waals surface area contributed by atoms with Crippen LogP contribution in [0.1, 0.15) is 18.9 Å². The summed E-state index contributed by atoms with van der Waals surface area (Å²) in [5, 5.41) is 3.37. The van der Waals surface area contributed by atoms with E-state index in [9.17, 15) is 0 Å². The summed E-state index contributed by atoms with van der Waals surface area (Å²) in [5.74, 6) is 0.936. The van der Waals surface area contributed by atoms with Gasteiger partial charge < -0.3 is 27.2 Å². The van der Waals surface area contributed by atoms with Crippen molar-refractivity contribution in [2.75, 3.05) is 26.9 Å². The highest BCUT2D eigenvalue weighted by molar-refractivity contribution is 5.27. The smallest absolute Gasteiger partial charge is 0.119 e. The zero-order valence-corrected chi connectivity index (χ0v) is 11.3. The summed E-state index contributed by atoms with van der Waals surface area (Å²) in [6.45, 7) is 5.41. The van der Waals surface area contributed by atoms with Gasteiger partial charge in [-0.2, -0.15) is 0 Å². The lowest BCUT2D eigenvalue weighted by Gasteiger charge is -2.06.